The van der Waals surface area contributed by atoms with E-state index in [1.807, 2.05) is 17.0 Å². The molecule has 98 valence electrons. The van der Waals surface area contributed by atoms with Gasteiger partial charge in [0.05, 0.1) is 0 Å². The number of rotatable bonds is 3. The van der Waals surface area contributed by atoms with Crippen LogP contribution in [-0.4, -0.2) is 35.0 Å². The van der Waals surface area contributed by atoms with Crippen LogP contribution in [0.2, 0.25) is 0 Å². The van der Waals surface area contributed by atoms with Gasteiger partial charge in [0.1, 0.15) is 0 Å². The first-order valence-corrected chi connectivity index (χ1v) is 6.64. The van der Waals surface area contributed by atoms with Crippen molar-refractivity contribution < 1.29 is 9.53 Å². The SMILES string of the molecule is CC(Oc1ccccn1)C(=O)N1CCCCCC1. The van der Waals surface area contributed by atoms with Crippen LogP contribution in [0, 0.1) is 0 Å². The molecule has 1 aliphatic heterocycles. The van der Waals surface area contributed by atoms with Gasteiger partial charge in [0, 0.05) is 25.4 Å². The van der Waals surface area contributed by atoms with Gasteiger partial charge in [-0.3, -0.25) is 4.79 Å². The molecule has 2 heterocycles. The van der Waals surface area contributed by atoms with E-state index in [2.05, 4.69) is 4.98 Å². The molecule has 0 bridgehead atoms. The second-order valence-electron chi connectivity index (χ2n) is 4.67. The summed E-state index contributed by atoms with van der Waals surface area (Å²) in [7, 11) is 0. The van der Waals surface area contributed by atoms with E-state index in [1.165, 1.54) is 12.8 Å². The van der Waals surface area contributed by atoms with Crippen LogP contribution in [0.3, 0.4) is 0 Å². The lowest BCUT2D eigenvalue weighted by atomic mass is 10.2. The van der Waals surface area contributed by atoms with Crippen LogP contribution in [0.4, 0.5) is 0 Å². The van der Waals surface area contributed by atoms with Crippen molar-refractivity contribution in [2.45, 2.75) is 38.7 Å². The summed E-state index contributed by atoms with van der Waals surface area (Å²) in [5, 5.41) is 0. The van der Waals surface area contributed by atoms with Crippen molar-refractivity contribution in [3.63, 3.8) is 0 Å². The van der Waals surface area contributed by atoms with Crippen LogP contribution in [0.15, 0.2) is 24.4 Å². The first-order valence-electron chi connectivity index (χ1n) is 6.64. The van der Waals surface area contributed by atoms with Gasteiger partial charge in [0.25, 0.3) is 5.91 Å². The minimum Gasteiger partial charge on any atom is -0.465 e. The lowest BCUT2D eigenvalue weighted by Gasteiger charge is -2.24. The molecule has 0 aromatic carbocycles. The number of hydrogen-bond acceptors (Lipinski definition) is 3. The van der Waals surface area contributed by atoms with Crippen LogP contribution in [0.5, 0.6) is 5.88 Å². The highest BCUT2D eigenvalue weighted by Crippen LogP contribution is 2.13. The second kappa shape index (κ2) is 6.38. The summed E-state index contributed by atoms with van der Waals surface area (Å²) in [6, 6.07) is 5.45. The minimum atomic E-state index is -0.460. The molecule has 0 aliphatic carbocycles. The fourth-order valence-electron chi connectivity index (χ4n) is 2.20. The number of carbonyl (C=O) groups excluding carboxylic acids is 1. The van der Waals surface area contributed by atoms with Crippen LogP contribution >= 0.6 is 0 Å². The van der Waals surface area contributed by atoms with Gasteiger partial charge in [-0.2, -0.15) is 0 Å². The first kappa shape index (κ1) is 12.9. The average molecular weight is 248 g/mol. The zero-order chi connectivity index (χ0) is 12.8. The zero-order valence-electron chi connectivity index (χ0n) is 10.8. The van der Waals surface area contributed by atoms with E-state index in [1.54, 1.807) is 19.2 Å². The van der Waals surface area contributed by atoms with E-state index in [-0.39, 0.29) is 5.91 Å². The van der Waals surface area contributed by atoms with Crippen LogP contribution in [-0.2, 0) is 4.79 Å². The third-order valence-corrected chi connectivity index (χ3v) is 3.20. The number of aromatic nitrogens is 1. The molecule has 1 atom stereocenters. The Labute approximate surface area is 108 Å². The third kappa shape index (κ3) is 3.45. The predicted octanol–water partition coefficient (Wildman–Crippen LogP) is 2.25. The Morgan fingerprint density at radius 1 is 1.28 bits per heavy atom. The maximum atomic E-state index is 12.2. The van der Waals surface area contributed by atoms with Crippen molar-refractivity contribution in [3.05, 3.63) is 24.4 Å². The molecule has 1 unspecified atom stereocenters. The molecule has 1 aromatic rings. The van der Waals surface area contributed by atoms with Gasteiger partial charge in [0.15, 0.2) is 6.10 Å². The summed E-state index contributed by atoms with van der Waals surface area (Å²) in [6.45, 7) is 3.51. The summed E-state index contributed by atoms with van der Waals surface area (Å²) in [4.78, 5) is 18.2. The molecule has 0 radical (unpaired) electrons. The van der Waals surface area contributed by atoms with Gasteiger partial charge in [-0.25, -0.2) is 4.98 Å². The van der Waals surface area contributed by atoms with Crippen molar-refractivity contribution in [1.29, 1.82) is 0 Å². The van der Waals surface area contributed by atoms with Crippen LogP contribution in [0.25, 0.3) is 0 Å². The van der Waals surface area contributed by atoms with E-state index in [0.29, 0.717) is 5.88 Å². The number of carbonyl (C=O) groups is 1. The van der Waals surface area contributed by atoms with E-state index >= 15 is 0 Å². The molecule has 2 rings (SSSR count). The number of hydrogen-bond donors (Lipinski definition) is 0. The van der Waals surface area contributed by atoms with Gasteiger partial charge in [0.2, 0.25) is 5.88 Å². The van der Waals surface area contributed by atoms with E-state index < -0.39 is 6.10 Å². The summed E-state index contributed by atoms with van der Waals surface area (Å²) >= 11 is 0. The average Bonchev–Trinajstić information content (AvgIpc) is 2.68. The number of likely N-dealkylation sites (tertiary alicyclic amines) is 1. The number of pyridine rings is 1. The summed E-state index contributed by atoms with van der Waals surface area (Å²) in [5.74, 6) is 0.579. The second-order valence-corrected chi connectivity index (χ2v) is 4.67. The Hall–Kier alpha value is -1.58. The Morgan fingerprint density at radius 3 is 2.61 bits per heavy atom. The molecule has 18 heavy (non-hydrogen) atoms. The quantitative estimate of drug-likeness (QED) is 0.824. The highest BCUT2D eigenvalue weighted by atomic mass is 16.5. The van der Waals surface area contributed by atoms with Crippen molar-refractivity contribution in [2.75, 3.05) is 13.1 Å². The minimum absolute atomic E-state index is 0.0718. The summed E-state index contributed by atoms with van der Waals surface area (Å²) < 4.78 is 5.57. The fourth-order valence-corrected chi connectivity index (χ4v) is 2.20. The lowest BCUT2D eigenvalue weighted by molar-refractivity contribution is -0.138. The Bertz CT molecular complexity index is 373. The molecule has 0 N–H and O–H groups in total. The van der Waals surface area contributed by atoms with Crippen molar-refractivity contribution in [1.82, 2.24) is 9.88 Å². The summed E-state index contributed by atoms with van der Waals surface area (Å²) in [5.41, 5.74) is 0. The van der Waals surface area contributed by atoms with Gasteiger partial charge in [-0.15, -0.1) is 0 Å². The molecule has 0 spiro atoms. The largest absolute Gasteiger partial charge is 0.465 e. The van der Waals surface area contributed by atoms with Gasteiger partial charge in [-0.1, -0.05) is 18.9 Å². The maximum absolute atomic E-state index is 12.2. The predicted molar refractivity (Wildman–Crippen MR) is 69.4 cm³/mol. The van der Waals surface area contributed by atoms with Crippen LogP contribution in [0.1, 0.15) is 32.6 Å². The highest BCUT2D eigenvalue weighted by molar-refractivity contribution is 5.80. The van der Waals surface area contributed by atoms with E-state index in [0.717, 1.165) is 25.9 Å². The molecular weight excluding hydrogens is 228 g/mol. The fraction of sp³-hybridized carbons (Fsp3) is 0.571. The normalized spacial score (nSPS) is 17.9. The standard InChI is InChI=1S/C14H20N2O2/c1-12(18-13-8-4-5-9-15-13)14(17)16-10-6-2-3-7-11-16/h4-5,8-9,12H,2-3,6-7,10-11H2,1H3. The Morgan fingerprint density at radius 2 is 2.00 bits per heavy atom. The first-order chi connectivity index (χ1) is 8.77. The van der Waals surface area contributed by atoms with Crippen LogP contribution < -0.4 is 4.74 Å². The lowest BCUT2D eigenvalue weighted by Crippen LogP contribution is -2.41. The zero-order valence-corrected chi connectivity index (χ0v) is 10.8. The molecule has 1 saturated heterocycles. The molecule has 4 nitrogen and oxygen atoms in total. The number of ether oxygens (including phenoxy) is 1. The Kier molecular flexibility index (Phi) is 4.56. The molecule has 1 aliphatic rings. The molecule has 1 aromatic heterocycles. The van der Waals surface area contributed by atoms with Gasteiger partial charge >= 0.3 is 0 Å². The molecule has 1 amide bonds. The smallest absolute Gasteiger partial charge is 0.263 e. The van der Waals surface area contributed by atoms with E-state index in [9.17, 15) is 4.79 Å². The van der Waals surface area contributed by atoms with Crippen molar-refractivity contribution >= 4 is 5.91 Å². The van der Waals surface area contributed by atoms with Crippen molar-refractivity contribution in [2.24, 2.45) is 0 Å². The maximum Gasteiger partial charge on any atom is 0.263 e. The third-order valence-electron chi connectivity index (χ3n) is 3.20. The molecular formula is C14H20N2O2. The van der Waals surface area contributed by atoms with Gasteiger partial charge in [-0.05, 0) is 25.8 Å². The molecule has 4 heteroatoms. The Balaban J connectivity index is 1.91. The topological polar surface area (TPSA) is 42.4 Å². The number of amides is 1. The molecule has 0 saturated carbocycles. The van der Waals surface area contributed by atoms with Gasteiger partial charge < -0.3 is 9.64 Å². The summed E-state index contributed by atoms with van der Waals surface area (Å²) in [6.07, 6.45) is 5.85. The monoisotopic (exact) mass is 248 g/mol. The van der Waals surface area contributed by atoms with E-state index in [4.69, 9.17) is 4.74 Å². The highest BCUT2D eigenvalue weighted by Gasteiger charge is 2.22. The molecule has 1 fully saturated rings. The number of nitrogens with zero attached hydrogens (tertiary/aromatic N) is 2. The van der Waals surface area contributed by atoms with Crippen molar-refractivity contribution in [3.8, 4) is 5.88 Å².